The van der Waals surface area contributed by atoms with Crippen LogP contribution in [0, 0.1) is 0 Å². The average molecular weight is 334 g/mol. The molecular formula is C18H20ClNO3. The van der Waals surface area contributed by atoms with Crippen molar-refractivity contribution in [2.24, 2.45) is 5.73 Å². The maximum absolute atomic E-state index is 11.6. The first-order chi connectivity index (χ1) is 11.0. The van der Waals surface area contributed by atoms with Gasteiger partial charge in [-0.3, -0.25) is 4.79 Å². The largest absolute Gasteiger partial charge is 0.496 e. The van der Waals surface area contributed by atoms with Crippen molar-refractivity contribution >= 4 is 17.6 Å². The van der Waals surface area contributed by atoms with Crippen molar-refractivity contribution in [2.75, 3.05) is 13.7 Å². The highest BCUT2D eigenvalue weighted by molar-refractivity contribution is 6.30. The average Bonchev–Trinajstić information content (AvgIpc) is 2.54. The van der Waals surface area contributed by atoms with Gasteiger partial charge in [-0.15, -0.1) is 0 Å². The van der Waals surface area contributed by atoms with Gasteiger partial charge in [0.25, 0.3) is 0 Å². The summed E-state index contributed by atoms with van der Waals surface area (Å²) in [5, 5.41) is 0.644. The molecule has 0 fully saturated rings. The van der Waals surface area contributed by atoms with E-state index in [1.165, 1.54) is 0 Å². The molecule has 0 bridgehead atoms. The number of carbonyl (C=O) groups excluding carboxylic acids is 1. The molecule has 0 spiro atoms. The molecule has 0 heterocycles. The van der Waals surface area contributed by atoms with E-state index >= 15 is 0 Å². The molecule has 0 aliphatic heterocycles. The molecule has 0 aromatic heterocycles. The van der Waals surface area contributed by atoms with Crippen molar-refractivity contribution in [3.8, 4) is 16.9 Å². The van der Waals surface area contributed by atoms with Crippen molar-refractivity contribution in [2.45, 2.75) is 19.4 Å². The van der Waals surface area contributed by atoms with Gasteiger partial charge in [-0.2, -0.15) is 0 Å². The fourth-order valence-electron chi connectivity index (χ4n) is 2.36. The van der Waals surface area contributed by atoms with Crippen LogP contribution in [0.2, 0.25) is 5.02 Å². The number of benzene rings is 2. The molecule has 122 valence electrons. The SMILES string of the molecule is CCOC(=O)CC(N)c1ccc(OC)c(-c2cccc(Cl)c2)c1. The van der Waals surface area contributed by atoms with E-state index in [-0.39, 0.29) is 12.4 Å². The smallest absolute Gasteiger partial charge is 0.307 e. The molecule has 23 heavy (non-hydrogen) atoms. The van der Waals surface area contributed by atoms with Gasteiger partial charge in [-0.25, -0.2) is 0 Å². The lowest BCUT2D eigenvalue weighted by Gasteiger charge is -2.15. The zero-order valence-electron chi connectivity index (χ0n) is 13.2. The molecule has 0 saturated heterocycles. The number of rotatable bonds is 6. The van der Waals surface area contributed by atoms with Crippen LogP contribution in [-0.2, 0) is 9.53 Å². The maximum atomic E-state index is 11.6. The van der Waals surface area contributed by atoms with Crippen LogP contribution in [0.1, 0.15) is 24.9 Å². The van der Waals surface area contributed by atoms with Crippen LogP contribution in [0.25, 0.3) is 11.1 Å². The minimum atomic E-state index is -0.433. The first kappa shape index (κ1) is 17.3. The van der Waals surface area contributed by atoms with E-state index in [0.717, 1.165) is 22.4 Å². The van der Waals surface area contributed by atoms with E-state index in [2.05, 4.69) is 0 Å². The molecule has 2 aromatic carbocycles. The standard InChI is InChI=1S/C18H20ClNO3/c1-3-23-18(21)11-16(20)13-7-8-17(22-2)15(10-13)12-5-4-6-14(19)9-12/h4-10,16H,3,11,20H2,1-2H3. The molecule has 0 amide bonds. The first-order valence-corrected chi connectivity index (χ1v) is 7.78. The Kier molecular flexibility index (Phi) is 6.02. The van der Waals surface area contributed by atoms with E-state index in [1.807, 2.05) is 42.5 Å². The normalized spacial score (nSPS) is 11.8. The van der Waals surface area contributed by atoms with E-state index in [0.29, 0.717) is 11.6 Å². The summed E-state index contributed by atoms with van der Waals surface area (Å²) in [5.74, 6) is 0.416. The predicted octanol–water partition coefficient (Wildman–Crippen LogP) is 3.97. The Morgan fingerprint density at radius 1 is 1.26 bits per heavy atom. The Morgan fingerprint density at radius 2 is 2.04 bits per heavy atom. The summed E-state index contributed by atoms with van der Waals surface area (Å²) in [7, 11) is 1.61. The second-order valence-electron chi connectivity index (χ2n) is 5.09. The number of methoxy groups -OCH3 is 1. The summed E-state index contributed by atoms with van der Waals surface area (Å²) in [6.45, 7) is 2.12. The minimum absolute atomic E-state index is 0.134. The monoisotopic (exact) mass is 333 g/mol. The van der Waals surface area contributed by atoms with Gasteiger partial charge < -0.3 is 15.2 Å². The van der Waals surface area contributed by atoms with Crippen molar-refractivity contribution in [3.63, 3.8) is 0 Å². The number of ether oxygens (including phenoxy) is 2. The summed E-state index contributed by atoms with van der Waals surface area (Å²) in [6, 6.07) is 12.7. The first-order valence-electron chi connectivity index (χ1n) is 7.40. The molecular weight excluding hydrogens is 314 g/mol. The van der Waals surface area contributed by atoms with Gasteiger partial charge in [0, 0.05) is 16.6 Å². The molecule has 2 aromatic rings. The van der Waals surface area contributed by atoms with Crippen LogP contribution in [-0.4, -0.2) is 19.7 Å². The highest BCUT2D eigenvalue weighted by Crippen LogP contribution is 2.33. The van der Waals surface area contributed by atoms with Crippen LogP contribution in [0.4, 0.5) is 0 Å². The van der Waals surface area contributed by atoms with Gasteiger partial charge in [0.05, 0.1) is 20.1 Å². The topological polar surface area (TPSA) is 61.5 Å². The predicted molar refractivity (Wildman–Crippen MR) is 91.6 cm³/mol. The fraction of sp³-hybridized carbons (Fsp3) is 0.278. The molecule has 0 saturated carbocycles. The van der Waals surface area contributed by atoms with Crippen LogP contribution in [0.3, 0.4) is 0 Å². The van der Waals surface area contributed by atoms with Crippen molar-refractivity contribution in [1.29, 1.82) is 0 Å². The van der Waals surface area contributed by atoms with Crippen LogP contribution in [0.15, 0.2) is 42.5 Å². The molecule has 2 rings (SSSR count). The van der Waals surface area contributed by atoms with Gasteiger partial charge in [-0.05, 0) is 42.3 Å². The van der Waals surface area contributed by atoms with Crippen molar-refractivity contribution < 1.29 is 14.3 Å². The van der Waals surface area contributed by atoms with E-state index in [9.17, 15) is 4.79 Å². The third kappa shape index (κ3) is 4.47. The molecule has 5 heteroatoms. The third-order valence-corrected chi connectivity index (χ3v) is 3.71. The van der Waals surface area contributed by atoms with E-state index < -0.39 is 6.04 Å². The molecule has 2 N–H and O–H groups in total. The lowest BCUT2D eigenvalue weighted by Crippen LogP contribution is -2.17. The summed E-state index contributed by atoms with van der Waals surface area (Å²) in [6.07, 6.45) is 0.134. The number of hydrogen-bond acceptors (Lipinski definition) is 4. The summed E-state index contributed by atoms with van der Waals surface area (Å²) < 4.78 is 10.4. The lowest BCUT2D eigenvalue weighted by molar-refractivity contribution is -0.143. The summed E-state index contributed by atoms with van der Waals surface area (Å²) in [4.78, 5) is 11.6. The molecule has 0 aliphatic carbocycles. The number of esters is 1. The highest BCUT2D eigenvalue weighted by atomic mass is 35.5. The molecule has 0 radical (unpaired) electrons. The minimum Gasteiger partial charge on any atom is -0.496 e. The second kappa shape index (κ2) is 7.99. The fourth-order valence-corrected chi connectivity index (χ4v) is 2.55. The Morgan fingerprint density at radius 3 is 2.70 bits per heavy atom. The highest BCUT2D eigenvalue weighted by Gasteiger charge is 2.15. The molecule has 1 atom stereocenters. The van der Waals surface area contributed by atoms with E-state index in [4.69, 9.17) is 26.8 Å². The van der Waals surface area contributed by atoms with Gasteiger partial charge in [0.2, 0.25) is 0 Å². The van der Waals surface area contributed by atoms with Crippen LogP contribution >= 0.6 is 11.6 Å². The van der Waals surface area contributed by atoms with Gasteiger partial charge in [-0.1, -0.05) is 29.8 Å². The molecule has 4 nitrogen and oxygen atoms in total. The van der Waals surface area contributed by atoms with Crippen molar-refractivity contribution in [3.05, 3.63) is 53.1 Å². The molecule has 0 aliphatic rings. The van der Waals surface area contributed by atoms with Crippen LogP contribution < -0.4 is 10.5 Å². The van der Waals surface area contributed by atoms with Gasteiger partial charge in [0.15, 0.2) is 0 Å². The Hall–Kier alpha value is -2.04. The number of nitrogens with two attached hydrogens (primary N) is 1. The van der Waals surface area contributed by atoms with Crippen molar-refractivity contribution in [1.82, 2.24) is 0 Å². The number of carbonyl (C=O) groups is 1. The van der Waals surface area contributed by atoms with Crippen LogP contribution in [0.5, 0.6) is 5.75 Å². The third-order valence-electron chi connectivity index (χ3n) is 3.48. The summed E-state index contributed by atoms with van der Waals surface area (Å²) >= 11 is 6.07. The van der Waals surface area contributed by atoms with Gasteiger partial charge in [0.1, 0.15) is 5.75 Å². The summed E-state index contributed by atoms with van der Waals surface area (Å²) in [5.41, 5.74) is 8.78. The Balaban J connectivity index is 2.33. The zero-order chi connectivity index (χ0) is 16.8. The second-order valence-corrected chi connectivity index (χ2v) is 5.52. The van der Waals surface area contributed by atoms with Gasteiger partial charge >= 0.3 is 5.97 Å². The Bertz CT molecular complexity index is 688. The Labute approximate surface area is 141 Å². The number of halogens is 1. The maximum Gasteiger partial charge on any atom is 0.307 e. The number of hydrogen-bond donors (Lipinski definition) is 1. The lowest BCUT2D eigenvalue weighted by atomic mass is 9.97. The zero-order valence-corrected chi connectivity index (χ0v) is 14.0. The quantitative estimate of drug-likeness (QED) is 0.812. The molecule has 1 unspecified atom stereocenters. The van der Waals surface area contributed by atoms with E-state index in [1.54, 1.807) is 14.0 Å².